The highest BCUT2D eigenvalue weighted by molar-refractivity contribution is 14.2. The fourth-order valence-corrected chi connectivity index (χ4v) is 6.13. The molecule has 210 valence electrons. The first-order chi connectivity index (χ1) is 19.3. The lowest BCUT2D eigenvalue weighted by Crippen LogP contribution is -2.36. The number of benzene rings is 1. The Kier molecular flexibility index (Phi) is 8.32. The van der Waals surface area contributed by atoms with Crippen LogP contribution in [0.4, 0.5) is 37.5 Å². The number of nitrogens with one attached hydrogen (secondary N) is 2. The fraction of sp³-hybridized carbons (Fsp3) is 0.250. The zero-order valence-corrected chi connectivity index (χ0v) is 24.7. The molecule has 1 unspecified atom stereocenters. The number of rotatable bonds is 10. The summed E-state index contributed by atoms with van der Waals surface area (Å²) in [7, 11) is 3.04. The van der Waals surface area contributed by atoms with Crippen molar-refractivity contribution in [3.8, 4) is 5.75 Å². The summed E-state index contributed by atoms with van der Waals surface area (Å²) in [5, 5.41) is 11.6. The molecule has 0 saturated carbocycles. The minimum atomic E-state index is -2.78. The summed E-state index contributed by atoms with van der Waals surface area (Å²) in [5.74, 6) is 6.75. The number of hydrazine groups is 1. The van der Waals surface area contributed by atoms with Crippen LogP contribution in [0.5, 0.6) is 5.75 Å². The molecular weight excluding hydrogens is 654 g/mol. The molecule has 3 aromatic heterocycles. The third-order valence-corrected chi connectivity index (χ3v) is 8.23. The highest BCUT2D eigenvalue weighted by atomic mass is 127. The number of nitrogens with zero attached hydrogens (tertiary/aromatic N) is 7. The number of para-hydroxylation sites is 1. The number of halogens is 3. The summed E-state index contributed by atoms with van der Waals surface area (Å²) in [4.78, 5) is 15.6. The average Bonchev–Trinajstić information content (AvgIpc) is 3.27. The number of imidazole rings is 1. The maximum atomic E-state index is 13.9. The van der Waals surface area contributed by atoms with Gasteiger partial charge < -0.3 is 26.0 Å². The summed E-state index contributed by atoms with van der Waals surface area (Å²) in [6.07, 6.45) is 0.139. The number of hydrogen-bond acceptors (Lipinski definition) is 10. The highest BCUT2D eigenvalue weighted by Gasteiger charge is 2.23. The maximum Gasteiger partial charge on any atom is 0.295 e. The van der Waals surface area contributed by atoms with Crippen LogP contribution >= 0.6 is 28.4 Å². The van der Waals surface area contributed by atoms with Crippen LogP contribution in [-0.2, 0) is 0 Å². The monoisotopic (exact) mass is 681 g/mol. The molecule has 1 aliphatic heterocycles. The molecule has 0 bridgehead atoms. The van der Waals surface area contributed by atoms with E-state index in [9.17, 15) is 8.78 Å². The van der Waals surface area contributed by atoms with E-state index in [4.69, 9.17) is 16.3 Å². The Morgan fingerprint density at radius 3 is 2.58 bits per heavy atom. The van der Waals surface area contributed by atoms with Gasteiger partial charge in [-0.1, -0.05) is 6.07 Å². The van der Waals surface area contributed by atoms with E-state index in [0.29, 0.717) is 40.0 Å². The van der Waals surface area contributed by atoms with Crippen LogP contribution in [0.25, 0.3) is 11.2 Å². The number of amidine groups is 1. The van der Waals surface area contributed by atoms with Crippen molar-refractivity contribution in [2.45, 2.75) is 12.8 Å². The van der Waals surface area contributed by atoms with Crippen molar-refractivity contribution in [1.29, 1.82) is 0 Å². The molecule has 4 heterocycles. The van der Waals surface area contributed by atoms with E-state index >= 15 is 0 Å². The Morgan fingerprint density at radius 1 is 1.18 bits per heavy atom. The third-order valence-electron chi connectivity index (χ3n) is 6.18. The van der Waals surface area contributed by atoms with Crippen LogP contribution in [0.1, 0.15) is 24.2 Å². The number of alkyl halides is 2. The molecular formula is C24H27F2IN11OP. The zero-order valence-electron chi connectivity index (χ0n) is 21.6. The Morgan fingerprint density at radius 2 is 1.98 bits per heavy atom. The fourth-order valence-electron chi connectivity index (χ4n) is 4.23. The summed E-state index contributed by atoms with van der Waals surface area (Å²) < 4.78 is 34.9. The Hall–Kier alpha value is -3.56. The van der Waals surface area contributed by atoms with Crippen LogP contribution < -0.4 is 31.8 Å². The Balaban J connectivity index is 1.58. The minimum absolute atomic E-state index is 0.0488. The number of fused-ring (bicyclic) bond motifs is 1. The van der Waals surface area contributed by atoms with E-state index in [0.717, 1.165) is 23.9 Å². The van der Waals surface area contributed by atoms with E-state index in [2.05, 4.69) is 35.6 Å². The van der Waals surface area contributed by atoms with Crippen molar-refractivity contribution in [1.82, 2.24) is 24.4 Å². The van der Waals surface area contributed by atoms with Crippen molar-refractivity contribution in [3.63, 3.8) is 0 Å². The van der Waals surface area contributed by atoms with Gasteiger partial charge in [-0.2, -0.15) is 0 Å². The molecule has 1 atom stereocenters. The highest BCUT2D eigenvalue weighted by Crippen LogP contribution is 2.40. The largest absolute Gasteiger partial charge is 0.494 e. The number of aromatic nitrogens is 4. The standard InChI is InChI=1S/C24H27F2IN11OP/c1-36(29)35-22(28)14-5-3-6-15(20(14)39-2)31-16-11-18(32-17-8-7-13(12-30-17)37-9-4-10-37)33-23-19(16)34-24(21(25)26)38(23)40-27/h3,5-8,11-12,21,40H,4,9-10,29H2,1-2H3,(H2,28,35)(H2,30,31,32,33). The van der Waals surface area contributed by atoms with Crippen LogP contribution in [0.15, 0.2) is 47.7 Å². The predicted octanol–water partition coefficient (Wildman–Crippen LogP) is 4.69. The van der Waals surface area contributed by atoms with Crippen LogP contribution in [-0.4, -0.2) is 57.5 Å². The first kappa shape index (κ1) is 28.0. The average molecular weight is 681 g/mol. The lowest BCUT2D eigenvalue weighted by molar-refractivity contribution is 0.140. The van der Waals surface area contributed by atoms with Gasteiger partial charge in [0.1, 0.15) is 17.2 Å². The zero-order chi connectivity index (χ0) is 28.4. The molecule has 40 heavy (non-hydrogen) atoms. The Bertz CT molecular complexity index is 1540. The first-order valence-electron chi connectivity index (χ1n) is 12.1. The molecule has 0 amide bonds. The molecule has 12 nitrogen and oxygen atoms in total. The van der Waals surface area contributed by atoms with Crippen LogP contribution in [0.2, 0.25) is 0 Å². The van der Waals surface area contributed by atoms with Crippen molar-refractivity contribution in [2.24, 2.45) is 16.7 Å². The molecule has 1 aliphatic rings. The van der Waals surface area contributed by atoms with E-state index in [1.54, 1.807) is 37.5 Å². The number of anilines is 5. The molecule has 4 aromatic rings. The van der Waals surface area contributed by atoms with Gasteiger partial charge in [0, 0.05) is 26.2 Å². The van der Waals surface area contributed by atoms with E-state index in [1.165, 1.54) is 17.9 Å². The normalized spacial score (nSPS) is 13.8. The van der Waals surface area contributed by atoms with Crippen molar-refractivity contribution in [2.75, 3.05) is 42.8 Å². The summed E-state index contributed by atoms with van der Waals surface area (Å²) >= 11 is 2.04. The number of methoxy groups -OCH3 is 1. The molecule has 1 saturated heterocycles. The van der Waals surface area contributed by atoms with Gasteiger partial charge >= 0.3 is 0 Å². The molecule has 1 fully saturated rings. The second kappa shape index (κ2) is 11.9. The lowest BCUT2D eigenvalue weighted by atomic mass is 10.1. The van der Waals surface area contributed by atoms with Crippen LogP contribution in [0, 0.1) is 0 Å². The van der Waals surface area contributed by atoms with Gasteiger partial charge in [-0.25, -0.2) is 34.7 Å². The minimum Gasteiger partial charge on any atom is -0.494 e. The molecule has 0 aliphatic carbocycles. The molecule has 0 radical (unpaired) electrons. The molecule has 16 heteroatoms. The lowest BCUT2D eigenvalue weighted by Gasteiger charge is -2.32. The number of hydrazone groups is 1. The summed E-state index contributed by atoms with van der Waals surface area (Å²) in [6.45, 7) is 2.03. The van der Waals surface area contributed by atoms with Crippen LogP contribution in [0.3, 0.4) is 0 Å². The number of ether oxygens (including phenoxy) is 1. The summed E-state index contributed by atoms with van der Waals surface area (Å²) in [5.41, 5.74) is 9.21. The number of pyridine rings is 2. The SMILES string of the molecule is COc1c(Nc2cc(Nc3ccc(N4CCC4)cn3)nc3c2nc(C(F)F)n3PI)cccc1/C(N)=N/N(C)N. The van der Waals surface area contributed by atoms with Gasteiger partial charge in [-0.3, -0.25) is 4.34 Å². The van der Waals surface area contributed by atoms with Gasteiger partial charge in [0.05, 0.1) is 42.3 Å². The molecule has 1 aromatic carbocycles. The van der Waals surface area contributed by atoms with E-state index in [1.807, 2.05) is 34.2 Å². The number of nitrogens with two attached hydrogens (primary N) is 2. The third kappa shape index (κ3) is 5.67. The number of hydrogen-bond donors (Lipinski definition) is 4. The quantitative estimate of drug-likeness (QED) is 0.0465. The molecule has 6 N–H and O–H groups in total. The van der Waals surface area contributed by atoms with Crippen molar-refractivity contribution in [3.05, 3.63) is 54.0 Å². The first-order valence-corrected chi connectivity index (χ1v) is 16.2. The maximum absolute atomic E-state index is 13.9. The second-order valence-electron chi connectivity index (χ2n) is 8.86. The smallest absolute Gasteiger partial charge is 0.295 e. The van der Waals surface area contributed by atoms with Gasteiger partial charge in [0.25, 0.3) is 6.43 Å². The van der Waals surface area contributed by atoms with Crippen molar-refractivity contribution >= 4 is 74.1 Å². The predicted molar refractivity (Wildman–Crippen MR) is 164 cm³/mol. The second-order valence-corrected chi connectivity index (χ2v) is 10.9. The molecule has 0 spiro atoms. The van der Waals surface area contributed by atoms with E-state index < -0.39 is 6.43 Å². The van der Waals surface area contributed by atoms with Gasteiger partial charge in [0.15, 0.2) is 23.1 Å². The van der Waals surface area contributed by atoms with Gasteiger partial charge in [-0.05, 0) is 52.7 Å². The van der Waals surface area contributed by atoms with Crippen molar-refractivity contribution < 1.29 is 13.5 Å². The van der Waals surface area contributed by atoms with Gasteiger partial charge in [-0.15, -0.1) is 5.10 Å². The van der Waals surface area contributed by atoms with Gasteiger partial charge in [0.2, 0.25) is 0 Å². The Labute approximate surface area is 243 Å². The molecule has 5 rings (SSSR count). The summed E-state index contributed by atoms with van der Waals surface area (Å²) in [6, 6.07) is 10.8. The topological polar surface area (TPSA) is 148 Å². The van der Waals surface area contributed by atoms with E-state index in [-0.39, 0.29) is 23.6 Å².